The Balaban J connectivity index is 2.65. The summed E-state index contributed by atoms with van der Waals surface area (Å²) in [6, 6.07) is 9.61. The third-order valence-corrected chi connectivity index (χ3v) is 2.40. The monoisotopic (exact) mass is 184 g/mol. The van der Waals surface area contributed by atoms with E-state index in [4.69, 9.17) is 0 Å². The van der Waals surface area contributed by atoms with Gasteiger partial charge < -0.3 is 5.21 Å². The second kappa shape index (κ2) is 2.48. The molecule has 68 valence electrons. The fourth-order valence-electron chi connectivity index (χ4n) is 1.75. The summed E-state index contributed by atoms with van der Waals surface area (Å²) in [6.45, 7) is 0. The summed E-state index contributed by atoms with van der Waals surface area (Å²) in [5.74, 6) is 0. The largest absolute Gasteiger partial charge is 0.428 e. The third-order valence-electron chi connectivity index (χ3n) is 2.40. The van der Waals surface area contributed by atoms with E-state index in [-0.39, 0.29) is 0 Å². The highest BCUT2D eigenvalue weighted by Gasteiger charge is 2.04. The molecule has 0 aliphatic carbocycles. The van der Waals surface area contributed by atoms with Crippen molar-refractivity contribution in [1.29, 1.82) is 0 Å². The number of fused-ring (bicyclic) bond motifs is 3. The molecule has 3 rings (SSSR count). The standard InChI is InChI=1S/C11H8N2O/c14-13-6-5-8-7-12-10-4-2-1-3-9(10)11(8)13/h1-7,14H. The predicted molar refractivity (Wildman–Crippen MR) is 54.4 cm³/mol. The summed E-state index contributed by atoms with van der Waals surface area (Å²) in [5.41, 5.74) is 1.71. The molecule has 0 amide bonds. The van der Waals surface area contributed by atoms with E-state index in [1.807, 2.05) is 30.3 Å². The highest BCUT2D eigenvalue weighted by Crippen LogP contribution is 2.22. The highest BCUT2D eigenvalue weighted by molar-refractivity contribution is 6.03. The zero-order valence-corrected chi connectivity index (χ0v) is 7.38. The Labute approximate surface area is 80.2 Å². The maximum absolute atomic E-state index is 9.60. The molecule has 2 aromatic heterocycles. The van der Waals surface area contributed by atoms with E-state index < -0.39 is 0 Å². The number of pyridine rings is 1. The molecular weight excluding hydrogens is 176 g/mol. The quantitative estimate of drug-likeness (QED) is 0.545. The number of para-hydroxylation sites is 1. The van der Waals surface area contributed by atoms with Crippen molar-refractivity contribution in [3.05, 3.63) is 42.7 Å². The van der Waals surface area contributed by atoms with Gasteiger partial charge in [0.05, 0.1) is 11.0 Å². The van der Waals surface area contributed by atoms with Crippen LogP contribution in [0.3, 0.4) is 0 Å². The number of rotatable bonds is 0. The van der Waals surface area contributed by atoms with Crippen molar-refractivity contribution in [2.75, 3.05) is 0 Å². The van der Waals surface area contributed by atoms with Gasteiger partial charge in [-0.1, -0.05) is 18.2 Å². The molecule has 0 fully saturated rings. The lowest BCUT2D eigenvalue weighted by Gasteiger charge is -2.00. The molecule has 0 bridgehead atoms. The van der Waals surface area contributed by atoms with Gasteiger partial charge in [-0.2, -0.15) is 4.73 Å². The summed E-state index contributed by atoms with van der Waals surface area (Å²) in [5, 5.41) is 11.5. The summed E-state index contributed by atoms with van der Waals surface area (Å²) in [7, 11) is 0. The van der Waals surface area contributed by atoms with Crippen molar-refractivity contribution in [3.8, 4) is 0 Å². The molecule has 3 aromatic rings. The molecule has 0 aliphatic heterocycles. The summed E-state index contributed by atoms with van der Waals surface area (Å²) < 4.78 is 1.14. The normalized spacial score (nSPS) is 11.1. The smallest absolute Gasteiger partial charge is 0.0974 e. The second-order valence-electron chi connectivity index (χ2n) is 3.24. The molecule has 0 saturated carbocycles. The van der Waals surface area contributed by atoms with Crippen LogP contribution in [0, 0.1) is 0 Å². The summed E-state index contributed by atoms with van der Waals surface area (Å²) >= 11 is 0. The average Bonchev–Trinajstić information content (AvgIpc) is 2.61. The van der Waals surface area contributed by atoms with Crippen LogP contribution in [0.1, 0.15) is 0 Å². The maximum Gasteiger partial charge on any atom is 0.0974 e. The zero-order valence-electron chi connectivity index (χ0n) is 7.38. The zero-order chi connectivity index (χ0) is 9.54. The molecule has 1 aromatic carbocycles. The number of benzene rings is 1. The van der Waals surface area contributed by atoms with Crippen LogP contribution < -0.4 is 0 Å². The van der Waals surface area contributed by atoms with Gasteiger partial charge in [0.15, 0.2) is 0 Å². The van der Waals surface area contributed by atoms with Crippen molar-refractivity contribution in [2.24, 2.45) is 0 Å². The first kappa shape index (κ1) is 7.38. The number of hydrogen-bond acceptors (Lipinski definition) is 2. The molecule has 1 N–H and O–H groups in total. The van der Waals surface area contributed by atoms with Crippen LogP contribution in [-0.4, -0.2) is 14.9 Å². The van der Waals surface area contributed by atoms with Crippen LogP contribution >= 0.6 is 0 Å². The Kier molecular flexibility index (Phi) is 1.31. The van der Waals surface area contributed by atoms with Gasteiger partial charge in [-0.15, -0.1) is 0 Å². The van der Waals surface area contributed by atoms with Gasteiger partial charge in [-0.25, -0.2) is 0 Å². The first-order valence-corrected chi connectivity index (χ1v) is 4.40. The summed E-state index contributed by atoms with van der Waals surface area (Å²) in [6.07, 6.45) is 3.39. The third kappa shape index (κ3) is 0.836. The van der Waals surface area contributed by atoms with Crippen LogP contribution in [0.15, 0.2) is 42.7 Å². The predicted octanol–water partition coefficient (Wildman–Crippen LogP) is 2.43. The molecule has 0 unspecified atom stereocenters. The van der Waals surface area contributed by atoms with E-state index in [0.717, 1.165) is 26.5 Å². The van der Waals surface area contributed by atoms with E-state index in [9.17, 15) is 5.21 Å². The lowest BCUT2D eigenvalue weighted by atomic mass is 10.2. The Hall–Kier alpha value is -2.03. The minimum Gasteiger partial charge on any atom is -0.428 e. The molecule has 0 spiro atoms. The van der Waals surface area contributed by atoms with Crippen molar-refractivity contribution < 1.29 is 5.21 Å². The van der Waals surface area contributed by atoms with Gasteiger partial charge in [0.25, 0.3) is 0 Å². The van der Waals surface area contributed by atoms with Crippen LogP contribution in [0.4, 0.5) is 0 Å². The van der Waals surface area contributed by atoms with Crippen LogP contribution in [0.5, 0.6) is 0 Å². The Bertz CT molecular complexity index is 613. The van der Waals surface area contributed by atoms with Crippen molar-refractivity contribution >= 4 is 21.8 Å². The molecule has 0 radical (unpaired) electrons. The molecular formula is C11H8N2O. The van der Waals surface area contributed by atoms with E-state index in [0.29, 0.717) is 0 Å². The molecule has 3 heteroatoms. The van der Waals surface area contributed by atoms with Crippen molar-refractivity contribution in [1.82, 2.24) is 9.71 Å². The molecule has 0 atom stereocenters. The summed E-state index contributed by atoms with van der Waals surface area (Å²) in [4.78, 5) is 4.30. The SMILES string of the molecule is On1ccc2cnc3ccccc3c21. The van der Waals surface area contributed by atoms with E-state index in [2.05, 4.69) is 4.98 Å². The van der Waals surface area contributed by atoms with Crippen molar-refractivity contribution in [2.45, 2.75) is 0 Å². The maximum atomic E-state index is 9.60. The minimum absolute atomic E-state index is 0.815. The highest BCUT2D eigenvalue weighted by atomic mass is 16.5. The van der Waals surface area contributed by atoms with Gasteiger partial charge in [0, 0.05) is 23.2 Å². The van der Waals surface area contributed by atoms with Gasteiger partial charge in [0.1, 0.15) is 0 Å². The molecule has 0 aliphatic rings. The van der Waals surface area contributed by atoms with Gasteiger partial charge in [-0.05, 0) is 12.1 Å². The topological polar surface area (TPSA) is 38.0 Å². The lowest BCUT2D eigenvalue weighted by Crippen LogP contribution is -1.88. The Morgan fingerprint density at radius 3 is 2.93 bits per heavy atom. The Morgan fingerprint density at radius 1 is 1.14 bits per heavy atom. The lowest BCUT2D eigenvalue weighted by molar-refractivity contribution is 0.201. The first-order valence-electron chi connectivity index (χ1n) is 4.40. The van der Waals surface area contributed by atoms with Crippen LogP contribution in [-0.2, 0) is 0 Å². The second-order valence-corrected chi connectivity index (χ2v) is 3.24. The number of nitrogens with zero attached hydrogens (tertiary/aromatic N) is 2. The van der Waals surface area contributed by atoms with E-state index in [1.54, 1.807) is 12.4 Å². The molecule has 2 heterocycles. The number of hydrogen-bond donors (Lipinski definition) is 1. The van der Waals surface area contributed by atoms with Gasteiger partial charge in [0.2, 0.25) is 0 Å². The fourth-order valence-corrected chi connectivity index (χ4v) is 1.75. The van der Waals surface area contributed by atoms with Crippen molar-refractivity contribution in [3.63, 3.8) is 0 Å². The molecule has 0 saturated heterocycles. The van der Waals surface area contributed by atoms with Gasteiger partial charge >= 0.3 is 0 Å². The van der Waals surface area contributed by atoms with E-state index >= 15 is 0 Å². The Morgan fingerprint density at radius 2 is 2.00 bits per heavy atom. The molecule has 3 nitrogen and oxygen atoms in total. The molecule has 14 heavy (non-hydrogen) atoms. The fraction of sp³-hybridized carbons (Fsp3) is 0. The van der Waals surface area contributed by atoms with Crippen LogP contribution in [0.2, 0.25) is 0 Å². The first-order chi connectivity index (χ1) is 6.86. The van der Waals surface area contributed by atoms with E-state index in [1.165, 1.54) is 0 Å². The average molecular weight is 184 g/mol. The minimum atomic E-state index is 0.815. The van der Waals surface area contributed by atoms with Gasteiger partial charge in [-0.3, -0.25) is 4.98 Å². The number of aromatic nitrogens is 2. The van der Waals surface area contributed by atoms with Crippen LogP contribution in [0.25, 0.3) is 21.8 Å².